The van der Waals surface area contributed by atoms with E-state index in [9.17, 15) is 0 Å². The van der Waals surface area contributed by atoms with E-state index in [0.717, 1.165) is 35.4 Å². The maximum absolute atomic E-state index is 4.21. The lowest BCUT2D eigenvalue weighted by atomic mass is 10.1. The van der Waals surface area contributed by atoms with Gasteiger partial charge in [-0.2, -0.15) is 0 Å². The fourth-order valence-electron chi connectivity index (χ4n) is 2.32. The van der Waals surface area contributed by atoms with E-state index in [4.69, 9.17) is 0 Å². The van der Waals surface area contributed by atoms with Crippen LogP contribution in [0, 0.1) is 0 Å². The lowest BCUT2D eigenvalue weighted by molar-refractivity contribution is 0.641. The van der Waals surface area contributed by atoms with Gasteiger partial charge in [0.1, 0.15) is 0 Å². The van der Waals surface area contributed by atoms with Gasteiger partial charge in [-0.05, 0) is 48.0 Å². The average molecular weight is 345 g/mol. The van der Waals surface area contributed by atoms with Crippen molar-refractivity contribution >= 4 is 26.7 Å². The maximum Gasteiger partial charge on any atom is 0.0783 e. The number of nitrogens with one attached hydrogen (secondary N) is 1. The van der Waals surface area contributed by atoms with Crippen LogP contribution in [0.2, 0.25) is 0 Å². The molecule has 3 aromatic rings. The van der Waals surface area contributed by atoms with Crippen LogP contribution in [0.1, 0.15) is 19.0 Å². The summed E-state index contributed by atoms with van der Waals surface area (Å²) in [6.45, 7) is 3.93. The topological polar surface area (TPSA) is 42.7 Å². The Bertz CT molecular complexity index is 751. The van der Waals surface area contributed by atoms with E-state index in [1.807, 2.05) is 10.9 Å². The van der Waals surface area contributed by atoms with Crippen LogP contribution in [0.3, 0.4) is 0 Å². The monoisotopic (exact) mass is 344 g/mol. The van der Waals surface area contributed by atoms with Crippen LogP contribution in [-0.2, 0) is 6.54 Å². The first kappa shape index (κ1) is 14.2. The Morgan fingerprint density at radius 2 is 1.95 bits per heavy atom. The van der Waals surface area contributed by atoms with E-state index < -0.39 is 0 Å². The molecule has 3 rings (SSSR count). The van der Waals surface area contributed by atoms with Gasteiger partial charge in [0.05, 0.1) is 17.6 Å². The summed E-state index contributed by atoms with van der Waals surface area (Å²) in [5.41, 5.74) is 2.11. The number of aromatic nitrogens is 3. The molecule has 0 amide bonds. The summed E-state index contributed by atoms with van der Waals surface area (Å²) < 4.78 is 2.98. The quantitative estimate of drug-likeness (QED) is 0.718. The van der Waals surface area contributed by atoms with Crippen molar-refractivity contribution in [3.05, 3.63) is 52.8 Å². The summed E-state index contributed by atoms with van der Waals surface area (Å²) in [7, 11) is 0. The van der Waals surface area contributed by atoms with E-state index >= 15 is 0 Å². The summed E-state index contributed by atoms with van der Waals surface area (Å²) >= 11 is 3.50. The number of nitrogens with zero attached hydrogens (tertiary/aromatic N) is 3. The molecule has 0 spiro atoms. The second-order valence-electron chi connectivity index (χ2n) is 4.99. The third kappa shape index (κ3) is 3.14. The van der Waals surface area contributed by atoms with Crippen molar-refractivity contribution in [1.82, 2.24) is 20.3 Å². The van der Waals surface area contributed by atoms with Crippen molar-refractivity contribution in [2.45, 2.75) is 19.9 Å². The maximum atomic E-state index is 4.21. The van der Waals surface area contributed by atoms with Crippen molar-refractivity contribution < 1.29 is 0 Å². The van der Waals surface area contributed by atoms with E-state index in [0.29, 0.717) is 0 Å². The minimum Gasteiger partial charge on any atom is -0.311 e. The molecule has 0 bridgehead atoms. The Hall–Kier alpha value is -1.72. The van der Waals surface area contributed by atoms with E-state index in [2.05, 4.69) is 74.9 Å². The second-order valence-corrected chi connectivity index (χ2v) is 5.91. The summed E-state index contributed by atoms with van der Waals surface area (Å²) in [6.07, 6.45) is 2.93. The van der Waals surface area contributed by atoms with Gasteiger partial charge >= 0.3 is 0 Å². The molecule has 0 aliphatic rings. The lowest BCUT2D eigenvalue weighted by Crippen LogP contribution is -2.16. The highest BCUT2D eigenvalue weighted by molar-refractivity contribution is 9.10. The van der Waals surface area contributed by atoms with Crippen molar-refractivity contribution in [1.29, 1.82) is 0 Å². The molecule has 1 aromatic heterocycles. The molecule has 0 fully saturated rings. The van der Waals surface area contributed by atoms with E-state index in [1.54, 1.807) is 0 Å². The molecule has 1 heterocycles. The SMILES string of the molecule is CCCNCc1cnnn1-c1ccc2cc(Br)ccc2c1. The third-order valence-corrected chi connectivity index (χ3v) is 3.88. The number of benzene rings is 2. The lowest BCUT2D eigenvalue weighted by Gasteiger charge is -2.08. The molecule has 1 N–H and O–H groups in total. The molecular weight excluding hydrogens is 328 g/mol. The molecule has 0 aliphatic heterocycles. The summed E-state index contributed by atoms with van der Waals surface area (Å²) in [5, 5.41) is 14.0. The van der Waals surface area contributed by atoms with Crippen LogP contribution < -0.4 is 5.32 Å². The largest absolute Gasteiger partial charge is 0.311 e. The van der Waals surface area contributed by atoms with Gasteiger partial charge in [-0.3, -0.25) is 0 Å². The van der Waals surface area contributed by atoms with Crippen LogP contribution in [0.25, 0.3) is 16.5 Å². The first-order valence-electron chi connectivity index (χ1n) is 7.08. The van der Waals surface area contributed by atoms with Gasteiger partial charge in [0, 0.05) is 11.0 Å². The van der Waals surface area contributed by atoms with Crippen molar-refractivity contribution in [3.8, 4) is 5.69 Å². The molecule has 4 nitrogen and oxygen atoms in total. The van der Waals surface area contributed by atoms with Gasteiger partial charge in [-0.25, -0.2) is 4.68 Å². The molecule has 0 unspecified atom stereocenters. The number of halogens is 1. The fourth-order valence-corrected chi connectivity index (χ4v) is 2.70. The van der Waals surface area contributed by atoms with Crippen LogP contribution in [-0.4, -0.2) is 21.5 Å². The zero-order valence-corrected chi connectivity index (χ0v) is 13.5. The van der Waals surface area contributed by atoms with Crippen LogP contribution >= 0.6 is 15.9 Å². The molecule has 0 saturated heterocycles. The average Bonchev–Trinajstić information content (AvgIpc) is 2.95. The minimum absolute atomic E-state index is 0.777. The second kappa shape index (κ2) is 6.37. The molecule has 108 valence electrons. The smallest absolute Gasteiger partial charge is 0.0783 e. The normalized spacial score (nSPS) is 11.1. The zero-order chi connectivity index (χ0) is 14.7. The molecule has 0 radical (unpaired) electrons. The summed E-state index contributed by atoms with van der Waals surface area (Å²) in [6, 6.07) is 12.6. The highest BCUT2D eigenvalue weighted by Gasteiger charge is 2.06. The standard InChI is InChI=1S/C16H17BrN4/c1-2-7-18-10-16-11-19-20-21(16)15-6-4-12-8-14(17)5-3-13(12)9-15/h3-6,8-9,11,18H,2,7,10H2,1H3. The number of fused-ring (bicyclic) bond motifs is 1. The van der Waals surface area contributed by atoms with Gasteiger partial charge in [0.15, 0.2) is 0 Å². The predicted molar refractivity (Wildman–Crippen MR) is 88.6 cm³/mol. The summed E-state index contributed by atoms with van der Waals surface area (Å²) in [5.74, 6) is 0. The Morgan fingerprint density at radius 3 is 2.81 bits per heavy atom. The predicted octanol–water partition coefficient (Wildman–Crippen LogP) is 3.68. The molecule has 0 atom stereocenters. The van der Waals surface area contributed by atoms with Crippen molar-refractivity contribution in [2.24, 2.45) is 0 Å². The molecule has 0 aliphatic carbocycles. The molecular formula is C16H17BrN4. The molecule has 5 heteroatoms. The van der Waals surface area contributed by atoms with Gasteiger partial charge in [-0.1, -0.05) is 40.2 Å². The van der Waals surface area contributed by atoms with E-state index in [-0.39, 0.29) is 0 Å². The Kier molecular flexibility index (Phi) is 4.31. The van der Waals surface area contributed by atoms with Crippen molar-refractivity contribution in [2.75, 3.05) is 6.54 Å². The Labute approximate surface area is 132 Å². The van der Waals surface area contributed by atoms with Gasteiger partial charge in [-0.15, -0.1) is 5.10 Å². The Balaban J connectivity index is 1.93. The molecule has 21 heavy (non-hydrogen) atoms. The van der Waals surface area contributed by atoms with Gasteiger partial charge in [0.2, 0.25) is 0 Å². The van der Waals surface area contributed by atoms with Crippen LogP contribution in [0.15, 0.2) is 47.1 Å². The van der Waals surface area contributed by atoms with Crippen molar-refractivity contribution in [3.63, 3.8) is 0 Å². The van der Waals surface area contributed by atoms with Gasteiger partial charge in [0.25, 0.3) is 0 Å². The van der Waals surface area contributed by atoms with E-state index in [1.165, 1.54) is 10.8 Å². The minimum atomic E-state index is 0.777. The molecule has 2 aromatic carbocycles. The number of hydrogen-bond donors (Lipinski definition) is 1. The first-order chi connectivity index (χ1) is 10.3. The van der Waals surface area contributed by atoms with Gasteiger partial charge < -0.3 is 5.32 Å². The number of hydrogen-bond acceptors (Lipinski definition) is 3. The summed E-state index contributed by atoms with van der Waals surface area (Å²) in [4.78, 5) is 0. The van der Waals surface area contributed by atoms with Crippen LogP contribution in [0.5, 0.6) is 0 Å². The first-order valence-corrected chi connectivity index (χ1v) is 7.87. The Morgan fingerprint density at radius 1 is 1.14 bits per heavy atom. The third-order valence-electron chi connectivity index (χ3n) is 3.38. The number of rotatable bonds is 5. The fraction of sp³-hybridized carbons (Fsp3) is 0.250. The molecule has 0 saturated carbocycles. The zero-order valence-electron chi connectivity index (χ0n) is 11.9. The highest BCUT2D eigenvalue weighted by Crippen LogP contribution is 2.22. The van der Waals surface area contributed by atoms with Crippen LogP contribution in [0.4, 0.5) is 0 Å². The highest BCUT2D eigenvalue weighted by atomic mass is 79.9.